The van der Waals surface area contributed by atoms with Gasteiger partial charge in [0, 0.05) is 37.6 Å². The molecule has 0 fully saturated rings. The number of aromatic nitrogens is 6. The molecule has 2 aliphatic rings. The highest BCUT2D eigenvalue weighted by molar-refractivity contribution is 6.05. The van der Waals surface area contributed by atoms with Crippen molar-refractivity contribution in [3.8, 4) is 23.3 Å². The number of rotatable bonds is 0. The van der Waals surface area contributed by atoms with Crippen LogP contribution in [0.25, 0.3) is 22.3 Å². The largest absolute Gasteiger partial charge is 0.491 e. The lowest BCUT2D eigenvalue weighted by molar-refractivity contribution is 0.0768. The van der Waals surface area contributed by atoms with Crippen LogP contribution in [-0.4, -0.2) is 91.9 Å². The van der Waals surface area contributed by atoms with Gasteiger partial charge in [0.25, 0.3) is 11.8 Å². The van der Waals surface area contributed by atoms with Crippen molar-refractivity contribution in [3.63, 3.8) is 0 Å². The number of aromatic amines is 2. The average molecular weight is 713 g/mol. The molecule has 6 heterocycles. The summed E-state index contributed by atoms with van der Waals surface area (Å²) in [6.45, 7) is 4.83. The van der Waals surface area contributed by atoms with Gasteiger partial charge in [0.15, 0.2) is 11.3 Å². The van der Waals surface area contributed by atoms with Crippen LogP contribution in [0.2, 0.25) is 0 Å². The highest BCUT2D eigenvalue weighted by atomic mass is 19.1. The molecule has 0 spiro atoms. The van der Waals surface area contributed by atoms with Gasteiger partial charge in [-0.15, -0.1) is 0 Å². The lowest BCUT2D eigenvalue weighted by atomic mass is 10.1. The summed E-state index contributed by atoms with van der Waals surface area (Å²) in [6.07, 6.45) is 5.08. The van der Waals surface area contributed by atoms with Gasteiger partial charge in [-0.05, 0) is 50.2 Å². The van der Waals surface area contributed by atoms with Gasteiger partial charge in [0.1, 0.15) is 59.6 Å². The molecule has 0 aliphatic carbocycles. The summed E-state index contributed by atoms with van der Waals surface area (Å²) < 4.78 is 50.7. The number of amides is 2. The Morgan fingerprint density at radius 3 is 1.54 bits per heavy atom. The first-order valence-corrected chi connectivity index (χ1v) is 16.4. The summed E-state index contributed by atoms with van der Waals surface area (Å²) in [5.41, 5.74) is 3.83. The molecule has 6 aromatic rings. The van der Waals surface area contributed by atoms with E-state index in [1.165, 1.54) is 36.7 Å². The number of carbonyl (C=O) groups is 2. The standard InChI is InChI=1S/2C18H17FN4O3/c2*1-10-12-7-11(19)3-4-14(12)25-6-5-23(2)18(24)13-8-20-17-16(13)22-15(26-10)9-21-17/h2*3-4,7-10H,5-6H2,1-2H3,(H,20,21)/t10-;/m1./s1. The number of ether oxygens (including phenoxy) is 4. The first-order chi connectivity index (χ1) is 25.0. The van der Waals surface area contributed by atoms with E-state index < -0.39 is 12.2 Å². The zero-order chi connectivity index (χ0) is 36.5. The number of fused-ring (bicyclic) bond motifs is 4. The molecule has 4 aromatic heterocycles. The molecule has 14 nitrogen and oxygen atoms in total. The van der Waals surface area contributed by atoms with Crippen LogP contribution in [0.4, 0.5) is 8.78 Å². The third-order valence-corrected chi connectivity index (χ3v) is 8.65. The molecule has 0 saturated carbocycles. The van der Waals surface area contributed by atoms with Gasteiger partial charge in [-0.25, -0.2) is 28.7 Å². The van der Waals surface area contributed by atoms with Crippen LogP contribution in [0.1, 0.15) is 57.9 Å². The predicted molar refractivity (Wildman–Crippen MR) is 184 cm³/mol. The van der Waals surface area contributed by atoms with Crippen LogP contribution < -0.4 is 18.9 Å². The zero-order valence-corrected chi connectivity index (χ0v) is 28.6. The second-order valence-electron chi connectivity index (χ2n) is 12.3. The van der Waals surface area contributed by atoms with E-state index in [9.17, 15) is 18.4 Å². The fourth-order valence-corrected chi connectivity index (χ4v) is 5.82. The second kappa shape index (κ2) is 14.1. The maximum Gasteiger partial charge on any atom is 0.257 e. The maximum absolute atomic E-state index is 13.7. The highest BCUT2D eigenvalue weighted by Gasteiger charge is 2.24. The fraction of sp³-hybridized carbons (Fsp3) is 0.278. The number of benzene rings is 2. The summed E-state index contributed by atoms with van der Waals surface area (Å²) in [5.74, 6) is 0.353. The second-order valence-corrected chi connectivity index (χ2v) is 12.3. The van der Waals surface area contributed by atoms with Crippen molar-refractivity contribution >= 4 is 34.1 Å². The van der Waals surface area contributed by atoms with Crippen LogP contribution in [0, 0.1) is 11.6 Å². The number of hydrogen-bond donors (Lipinski definition) is 2. The molecule has 0 radical (unpaired) electrons. The molecule has 0 saturated heterocycles. The Morgan fingerprint density at radius 2 is 1.12 bits per heavy atom. The highest BCUT2D eigenvalue weighted by Crippen LogP contribution is 2.32. The van der Waals surface area contributed by atoms with E-state index >= 15 is 0 Å². The summed E-state index contributed by atoms with van der Waals surface area (Å²) in [5, 5.41) is 0. The van der Waals surface area contributed by atoms with Crippen LogP contribution in [0.3, 0.4) is 0 Å². The minimum Gasteiger partial charge on any atom is -0.491 e. The van der Waals surface area contributed by atoms with Gasteiger partial charge < -0.3 is 38.7 Å². The summed E-state index contributed by atoms with van der Waals surface area (Å²) in [7, 11) is 3.37. The number of carbonyl (C=O) groups excluding carboxylic acids is 2. The van der Waals surface area contributed by atoms with Crippen LogP contribution >= 0.6 is 0 Å². The molecule has 268 valence electrons. The molecule has 8 rings (SSSR count). The minimum atomic E-state index is -0.510. The summed E-state index contributed by atoms with van der Waals surface area (Å²) in [6, 6.07) is 8.53. The van der Waals surface area contributed by atoms with Gasteiger partial charge in [0.05, 0.1) is 36.6 Å². The molecule has 2 aromatic carbocycles. The molecule has 16 heteroatoms. The Bertz CT molecular complexity index is 2130. The normalized spacial score (nSPS) is 17.7. The first kappa shape index (κ1) is 34.1. The van der Waals surface area contributed by atoms with Crippen molar-refractivity contribution in [2.75, 3.05) is 40.4 Å². The number of nitrogens with one attached hydrogen (secondary N) is 2. The SMILES string of the molecule is CC1Oc2cnc3[nH]cc(c3n2)C(=O)N(C)CCOc2ccc(F)cc21.C[C@H]1Oc2cnc3[nH]cc(c3n2)C(=O)N(C)CCOc2ccc(F)cc21. The van der Waals surface area contributed by atoms with E-state index in [1.807, 2.05) is 0 Å². The Hall–Kier alpha value is -6.32. The number of nitrogens with zero attached hydrogens (tertiary/aromatic N) is 6. The Kier molecular flexibility index (Phi) is 9.28. The molecule has 1 unspecified atom stereocenters. The molecule has 2 N–H and O–H groups in total. The number of hydrogen-bond acceptors (Lipinski definition) is 10. The van der Waals surface area contributed by atoms with Crippen molar-refractivity contribution in [2.45, 2.75) is 26.1 Å². The van der Waals surface area contributed by atoms with E-state index in [0.29, 0.717) is 69.2 Å². The molecule has 4 bridgehead atoms. The molecular formula is C36H34F2N8O6. The lowest BCUT2D eigenvalue weighted by Crippen LogP contribution is -2.30. The van der Waals surface area contributed by atoms with Crippen LogP contribution in [0.5, 0.6) is 23.3 Å². The number of halogens is 2. The summed E-state index contributed by atoms with van der Waals surface area (Å²) >= 11 is 0. The summed E-state index contributed by atoms with van der Waals surface area (Å²) in [4.78, 5) is 51.7. The van der Waals surface area contributed by atoms with E-state index in [2.05, 4.69) is 29.9 Å². The third-order valence-electron chi connectivity index (χ3n) is 8.65. The Morgan fingerprint density at radius 1 is 0.692 bits per heavy atom. The van der Waals surface area contributed by atoms with Crippen molar-refractivity contribution < 1.29 is 37.3 Å². The maximum atomic E-state index is 13.7. The molecule has 2 atom stereocenters. The van der Waals surface area contributed by atoms with Crippen molar-refractivity contribution in [2.24, 2.45) is 0 Å². The van der Waals surface area contributed by atoms with Crippen molar-refractivity contribution in [3.05, 3.63) is 95.1 Å². The first-order valence-electron chi connectivity index (χ1n) is 16.4. The number of H-pyrrole nitrogens is 2. The van der Waals surface area contributed by atoms with Gasteiger partial charge >= 0.3 is 0 Å². The molecule has 52 heavy (non-hydrogen) atoms. The molecular weight excluding hydrogens is 678 g/mol. The van der Waals surface area contributed by atoms with Gasteiger partial charge in [-0.3, -0.25) is 9.59 Å². The third kappa shape index (κ3) is 6.86. The minimum absolute atomic E-state index is 0.196. The van der Waals surface area contributed by atoms with Crippen molar-refractivity contribution in [1.29, 1.82) is 0 Å². The monoisotopic (exact) mass is 712 g/mol. The van der Waals surface area contributed by atoms with E-state index in [0.717, 1.165) is 0 Å². The smallest absolute Gasteiger partial charge is 0.257 e. The van der Waals surface area contributed by atoms with Gasteiger partial charge in [-0.2, -0.15) is 0 Å². The predicted octanol–water partition coefficient (Wildman–Crippen LogP) is 5.40. The van der Waals surface area contributed by atoms with Crippen LogP contribution in [0.15, 0.2) is 61.2 Å². The Balaban J connectivity index is 0.000000162. The fourth-order valence-electron chi connectivity index (χ4n) is 5.82. The molecule has 2 amide bonds. The topological polar surface area (TPSA) is 161 Å². The van der Waals surface area contributed by atoms with Crippen molar-refractivity contribution in [1.82, 2.24) is 39.7 Å². The Labute approximate surface area is 295 Å². The van der Waals surface area contributed by atoms with E-state index in [1.54, 1.807) is 62.3 Å². The lowest BCUT2D eigenvalue weighted by Gasteiger charge is -2.19. The average Bonchev–Trinajstić information content (AvgIpc) is 3.75. The zero-order valence-electron chi connectivity index (χ0n) is 28.6. The van der Waals surface area contributed by atoms with Gasteiger partial charge in [0.2, 0.25) is 11.8 Å². The number of likely N-dealkylation sites (N-methyl/N-ethyl adjacent to an activating group) is 2. The molecule has 2 aliphatic heterocycles. The van der Waals surface area contributed by atoms with E-state index in [4.69, 9.17) is 18.9 Å². The van der Waals surface area contributed by atoms with Crippen LogP contribution in [-0.2, 0) is 0 Å². The quantitative estimate of drug-likeness (QED) is 0.209. The van der Waals surface area contributed by atoms with Gasteiger partial charge in [-0.1, -0.05) is 0 Å². The van der Waals surface area contributed by atoms with E-state index in [-0.39, 0.29) is 48.4 Å².